The Morgan fingerprint density at radius 3 is 2.61 bits per heavy atom. The van der Waals surface area contributed by atoms with Gasteiger partial charge in [-0.3, -0.25) is 9.97 Å². The van der Waals surface area contributed by atoms with Crippen molar-refractivity contribution in [3.8, 4) is 0 Å². The lowest BCUT2D eigenvalue weighted by Crippen LogP contribution is -2.19. The van der Waals surface area contributed by atoms with Crippen LogP contribution in [-0.2, 0) is 6.54 Å². The van der Waals surface area contributed by atoms with Crippen LogP contribution in [0, 0.1) is 13.8 Å². The van der Waals surface area contributed by atoms with Crippen molar-refractivity contribution in [3.05, 3.63) is 41.5 Å². The summed E-state index contributed by atoms with van der Waals surface area (Å²) in [6.45, 7) is 4.75. The van der Waals surface area contributed by atoms with Crippen LogP contribution in [0.1, 0.15) is 17.0 Å². The van der Waals surface area contributed by atoms with Gasteiger partial charge in [0.15, 0.2) is 0 Å². The number of hydrogen-bond acceptors (Lipinski definition) is 5. The van der Waals surface area contributed by atoms with Crippen molar-refractivity contribution in [1.29, 1.82) is 0 Å². The van der Waals surface area contributed by atoms with Gasteiger partial charge in [0, 0.05) is 12.7 Å². The van der Waals surface area contributed by atoms with Gasteiger partial charge < -0.3 is 10.6 Å². The van der Waals surface area contributed by atoms with Gasteiger partial charge in [0.2, 0.25) is 0 Å². The molecule has 0 aliphatic carbocycles. The van der Waals surface area contributed by atoms with Gasteiger partial charge in [-0.1, -0.05) is 0 Å². The zero-order valence-corrected chi connectivity index (χ0v) is 10.9. The van der Waals surface area contributed by atoms with Crippen LogP contribution in [0.3, 0.4) is 0 Å². The predicted molar refractivity (Wildman–Crippen MR) is 72.3 cm³/mol. The van der Waals surface area contributed by atoms with Crippen LogP contribution in [-0.4, -0.2) is 22.0 Å². The monoisotopic (exact) mass is 243 g/mol. The third-order valence-electron chi connectivity index (χ3n) is 2.58. The molecule has 0 spiro atoms. The summed E-state index contributed by atoms with van der Waals surface area (Å²) in [5.41, 5.74) is 8.87. The lowest BCUT2D eigenvalue weighted by molar-refractivity contribution is 0.853. The fourth-order valence-electron chi connectivity index (χ4n) is 1.88. The largest absolute Gasteiger partial charge is 0.382 e. The molecule has 0 amide bonds. The Morgan fingerprint density at radius 1 is 1.17 bits per heavy atom. The van der Waals surface area contributed by atoms with Gasteiger partial charge in [-0.25, -0.2) is 4.98 Å². The normalized spacial score (nSPS) is 10.4. The first kappa shape index (κ1) is 12.3. The van der Waals surface area contributed by atoms with Gasteiger partial charge in [0.1, 0.15) is 11.6 Å². The van der Waals surface area contributed by atoms with Crippen molar-refractivity contribution < 1.29 is 0 Å². The molecular formula is C13H17N5. The summed E-state index contributed by atoms with van der Waals surface area (Å²) in [7, 11) is 1.95. The number of nitrogens with zero attached hydrogens (tertiary/aromatic N) is 4. The van der Waals surface area contributed by atoms with E-state index >= 15 is 0 Å². The molecule has 0 aliphatic heterocycles. The molecule has 2 rings (SSSR count). The van der Waals surface area contributed by atoms with Crippen molar-refractivity contribution >= 4 is 11.6 Å². The molecule has 0 aliphatic rings. The van der Waals surface area contributed by atoms with Crippen molar-refractivity contribution in [1.82, 2.24) is 15.0 Å². The molecule has 0 bridgehead atoms. The number of nitrogen functional groups attached to an aromatic ring is 1. The molecule has 2 aromatic rings. The summed E-state index contributed by atoms with van der Waals surface area (Å²) >= 11 is 0. The third kappa shape index (κ3) is 2.94. The first-order valence-corrected chi connectivity index (χ1v) is 5.77. The zero-order chi connectivity index (χ0) is 13.1. The van der Waals surface area contributed by atoms with Gasteiger partial charge in [-0.15, -0.1) is 0 Å². The highest BCUT2D eigenvalue weighted by molar-refractivity contribution is 5.41. The van der Waals surface area contributed by atoms with E-state index < -0.39 is 0 Å². The Kier molecular flexibility index (Phi) is 3.41. The molecule has 5 nitrogen and oxygen atoms in total. The van der Waals surface area contributed by atoms with Gasteiger partial charge in [0.25, 0.3) is 0 Å². The molecule has 0 aromatic carbocycles. The van der Waals surface area contributed by atoms with E-state index in [0.717, 1.165) is 17.2 Å². The summed E-state index contributed by atoms with van der Waals surface area (Å²) in [4.78, 5) is 14.7. The highest BCUT2D eigenvalue weighted by atomic mass is 15.2. The van der Waals surface area contributed by atoms with Gasteiger partial charge >= 0.3 is 0 Å². The molecular weight excluding hydrogens is 226 g/mol. The summed E-state index contributed by atoms with van der Waals surface area (Å²) in [6.07, 6.45) is 3.23. The highest BCUT2D eigenvalue weighted by Gasteiger charge is 2.06. The maximum Gasteiger partial charge on any atom is 0.149 e. The molecule has 2 N–H and O–H groups in total. The van der Waals surface area contributed by atoms with Crippen LogP contribution in [0.2, 0.25) is 0 Å². The van der Waals surface area contributed by atoms with Crippen molar-refractivity contribution in [2.75, 3.05) is 17.7 Å². The van der Waals surface area contributed by atoms with Crippen LogP contribution in [0.15, 0.2) is 24.5 Å². The second-order valence-corrected chi connectivity index (χ2v) is 4.44. The minimum absolute atomic E-state index is 0.424. The smallest absolute Gasteiger partial charge is 0.149 e. The maximum absolute atomic E-state index is 5.62. The SMILES string of the molecule is Cc1cc(C)nc(CN(C)c2cncc(N)n2)c1. The van der Waals surface area contributed by atoms with Crippen LogP contribution < -0.4 is 10.6 Å². The minimum atomic E-state index is 0.424. The Morgan fingerprint density at radius 2 is 1.94 bits per heavy atom. The fraction of sp³-hybridized carbons (Fsp3) is 0.308. The molecule has 0 unspecified atom stereocenters. The molecule has 0 saturated carbocycles. The fourth-order valence-corrected chi connectivity index (χ4v) is 1.88. The third-order valence-corrected chi connectivity index (χ3v) is 2.58. The van der Waals surface area contributed by atoms with Crippen molar-refractivity contribution in [3.63, 3.8) is 0 Å². The quantitative estimate of drug-likeness (QED) is 0.888. The maximum atomic E-state index is 5.62. The summed E-state index contributed by atoms with van der Waals surface area (Å²) in [6, 6.07) is 4.13. The number of anilines is 2. The number of hydrogen-bond donors (Lipinski definition) is 1. The second kappa shape index (κ2) is 5.00. The van der Waals surface area contributed by atoms with E-state index in [0.29, 0.717) is 12.4 Å². The Balaban J connectivity index is 2.18. The second-order valence-electron chi connectivity index (χ2n) is 4.44. The van der Waals surface area contributed by atoms with E-state index in [9.17, 15) is 0 Å². The first-order valence-electron chi connectivity index (χ1n) is 5.77. The highest BCUT2D eigenvalue weighted by Crippen LogP contribution is 2.13. The number of aryl methyl sites for hydroxylation is 2. The molecule has 2 aromatic heterocycles. The van der Waals surface area contributed by atoms with Crippen molar-refractivity contribution in [2.45, 2.75) is 20.4 Å². The molecule has 2 heterocycles. The minimum Gasteiger partial charge on any atom is -0.382 e. The molecule has 18 heavy (non-hydrogen) atoms. The molecule has 0 atom stereocenters. The Bertz CT molecular complexity index is 533. The predicted octanol–water partition coefficient (Wildman–Crippen LogP) is 1.71. The number of nitrogens with two attached hydrogens (primary N) is 1. The lowest BCUT2D eigenvalue weighted by atomic mass is 10.2. The molecule has 5 heteroatoms. The average Bonchev–Trinajstić information content (AvgIpc) is 2.27. The van der Waals surface area contributed by atoms with Gasteiger partial charge in [-0.05, 0) is 31.5 Å². The Labute approximate surface area is 107 Å². The summed E-state index contributed by atoms with van der Waals surface area (Å²) in [5.74, 6) is 1.17. The number of rotatable bonds is 3. The van der Waals surface area contributed by atoms with E-state index in [-0.39, 0.29) is 0 Å². The standard InChI is InChI=1S/C13H17N5/c1-9-4-10(2)16-11(5-9)8-18(3)13-7-15-6-12(14)17-13/h4-7H,8H2,1-3H3,(H2,14,17). The summed E-state index contributed by atoms with van der Waals surface area (Å²) in [5, 5.41) is 0. The number of pyridine rings is 1. The average molecular weight is 243 g/mol. The van der Waals surface area contributed by atoms with E-state index in [1.54, 1.807) is 6.20 Å². The van der Waals surface area contributed by atoms with Crippen molar-refractivity contribution in [2.24, 2.45) is 0 Å². The molecule has 0 radical (unpaired) electrons. The lowest BCUT2D eigenvalue weighted by Gasteiger charge is -2.17. The Hall–Kier alpha value is -2.17. The van der Waals surface area contributed by atoms with E-state index in [2.05, 4.69) is 34.0 Å². The van der Waals surface area contributed by atoms with E-state index in [1.165, 1.54) is 11.8 Å². The van der Waals surface area contributed by atoms with Gasteiger partial charge in [0.05, 0.1) is 24.6 Å². The first-order chi connectivity index (χ1) is 8.54. The van der Waals surface area contributed by atoms with Crippen LogP contribution in [0.4, 0.5) is 11.6 Å². The van der Waals surface area contributed by atoms with Gasteiger partial charge in [-0.2, -0.15) is 0 Å². The molecule has 94 valence electrons. The van der Waals surface area contributed by atoms with Crippen LogP contribution in [0.5, 0.6) is 0 Å². The van der Waals surface area contributed by atoms with Crippen LogP contribution in [0.25, 0.3) is 0 Å². The summed E-state index contributed by atoms with van der Waals surface area (Å²) < 4.78 is 0. The van der Waals surface area contributed by atoms with E-state index in [4.69, 9.17) is 5.73 Å². The van der Waals surface area contributed by atoms with E-state index in [1.807, 2.05) is 18.9 Å². The topological polar surface area (TPSA) is 67.9 Å². The number of aromatic nitrogens is 3. The zero-order valence-electron chi connectivity index (χ0n) is 10.9. The molecule has 0 saturated heterocycles. The molecule has 0 fully saturated rings. The van der Waals surface area contributed by atoms with Crippen LogP contribution >= 0.6 is 0 Å².